The first-order chi connectivity index (χ1) is 11.9. The molecule has 2 rings (SSSR count). The first-order valence-corrected chi connectivity index (χ1v) is 10.6. The number of guanidine groups is 1. The highest BCUT2D eigenvalue weighted by Crippen LogP contribution is 2.20. The van der Waals surface area contributed by atoms with Crippen molar-refractivity contribution in [3.05, 3.63) is 29.3 Å². The third-order valence-corrected chi connectivity index (χ3v) is 4.93. The van der Waals surface area contributed by atoms with Crippen molar-refractivity contribution in [2.24, 2.45) is 4.99 Å². The number of rotatable bonds is 6. The van der Waals surface area contributed by atoms with E-state index < -0.39 is 10.0 Å². The Hall–Kier alpha value is -1.51. The van der Waals surface area contributed by atoms with Crippen molar-refractivity contribution >= 4 is 33.3 Å². The molecule has 0 saturated carbocycles. The average Bonchev–Trinajstić information content (AvgIpc) is 2.57. The highest BCUT2D eigenvalue weighted by atomic mass is 35.5. The Kier molecular flexibility index (Phi) is 7.34. The molecule has 1 aromatic carbocycles. The van der Waals surface area contributed by atoms with Gasteiger partial charge in [-0.25, -0.2) is 13.1 Å². The molecule has 0 spiro atoms. The second-order valence-electron chi connectivity index (χ2n) is 5.95. The van der Waals surface area contributed by atoms with Gasteiger partial charge in [0.25, 0.3) is 0 Å². The Labute approximate surface area is 155 Å². The van der Waals surface area contributed by atoms with Gasteiger partial charge in [-0.3, -0.25) is 4.99 Å². The standard InChI is InChI=1S/C16H26ClN5O2S/c1-18-16(19-7-4-8-20-25(2,23)24)22-11-9-21(10-12-22)15-6-3-5-14(17)13-15/h3,5-6,13,20H,4,7-12H2,1-2H3,(H,18,19). The topological polar surface area (TPSA) is 77.0 Å². The van der Waals surface area contributed by atoms with Gasteiger partial charge in [0.2, 0.25) is 10.0 Å². The Balaban J connectivity index is 1.76. The van der Waals surface area contributed by atoms with E-state index >= 15 is 0 Å². The fourth-order valence-electron chi connectivity index (χ4n) is 2.73. The lowest BCUT2D eigenvalue weighted by Crippen LogP contribution is -2.52. The van der Waals surface area contributed by atoms with Gasteiger partial charge in [0.15, 0.2) is 5.96 Å². The Bertz CT molecular complexity index is 688. The second kappa shape index (κ2) is 9.26. The van der Waals surface area contributed by atoms with E-state index in [1.165, 1.54) is 6.26 Å². The molecule has 1 heterocycles. The van der Waals surface area contributed by atoms with Gasteiger partial charge >= 0.3 is 0 Å². The smallest absolute Gasteiger partial charge is 0.208 e. The van der Waals surface area contributed by atoms with Crippen LogP contribution in [0.3, 0.4) is 0 Å². The molecule has 7 nitrogen and oxygen atoms in total. The maximum Gasteiger partial charge on any atom is 0.208 e. The average molecular weight is 388 g/mol. The Morgan fingerprint density at radius 3 is 2.56 bits per heavy atom. The number of hydrogen-bond acceptors (Lipinski definition) is 4. The van der Waals surface area contributed by atoms with Crippen LogP contribution in [0.5, 0.6) is 0 Å². The van der Waals surface area contributed by atoms with Gasteiger partial charge in [0.1, 0.15) is 0 Å². The van der Waals surface area contributed by atoms with E-state index in [1.54, 1.807) is 7.05 Å². The van der Waals surface area contributed by atoms with Gasteiger partial charge in [-0.2, -0.15) is 0 Å². The van der Waals surface area contributed by atoms with E-state index in [2.05, 4.69) is 30.9 Å². The summed E-state index contributed by atoms with van der Waals surface area (Å²) in [5.74, 6) is 0.852. The number of nitrogens with zero attached hydrogens (tertiary/aromatic N) is 3. The van der Waals surface area contributed by atoms with Crippen LogP contribution in [-0.2, 0) is 10.0 Å². The molecular weight excluding hydrogens is 362 g/mol. The largest absolute Gasteiger partial charge is 0.368 e. The maximum absolute atomic E-state index is 11.0. The molecule has 0 aliphatic carbocycles. The number of anilines is 1. The molecule has 1 aliphatic heterocycles. The molecule has 0 bridgehead atoms. The van der Waals surface area contributed by atoms with Crippen LogP contribution in [0.15, 0.2) is 29.3 Å². The summed E-state index contributed by atoms with van der Waals surface area (Å²) in [6.45, 7) is 4.63. The lowest BCUT2D eigenvalue weighted by Gasteiger charge is -2.37. The fourth-order valence-corrected chi connectivity index (χ4v) is 3.43. The van der Waals surface area contributed by atoms with Gasteiger partial charge < -0.3 is 15.1 Å². The first-order valence-electron chi connectivity index (χ1n) is 8.30. The molecule has 9 heteroatoms. The summed E-state index contributed by atoms with van der Waals surface area (Å²) >= 11 is 6.07. The van der Waals surface area contributed by atoms with Gasteiger partial charge in [0.05, 0.1) is 6.26 Å². The third kappa shape index (κ3) is 6.72. The minimum atomic E-state index is -3.12. The third-order valence-electron chi connectivity index (χ3n) is 3.97. The van der Waals surface area contributed by atoms with Crippen LogP contribution in [0.4, 0.5) is 5.69 Å². The normalized spacial score (nSPS) is 16.2. The van der Waals surface area contributed by atoms with Gasteiger partial charge in [0, 0.05) is 57.0 Å². The van der Waals surface area contributed by atoms with E-state index in [0.29, 0.717) is 19.5 Å². The van der Waals surface area contributed by atoms with E-state index in [0.717, 1.165) is 42.8 Å². The van der Waals surface area contributed by atoms with Crippen molar-refractivity contribution < 1.29 is 8.42 Å². The summed E-state index contributed by atoms with van der Waals surface area (Å²) in [7, 11) is -1.36. The molecule has 1 fully saturated rings. The molecule has 0 aromatic heterocycles. The molecule has 0 radical (unpaired) electrons. The second-order valence-corrected chi connectivity index (χ2v) is 8.22. The summed E-state index contributed by atoms with van der Waals surface area (Å²) in [5.41, 5.74) is 1.14. The van der Waals surface area contributed by atoms with Crippen LogP contribution < -0.4 is 14.9 Å². The highest BCUT2D eigenvalue weighted by molar-refractivity contribution is 7.88. The summed E-state index contributed by atoms with van der Waals surface area (Å²) < 4.78 is 24.5. The van der Waals surface area contributed by atoms with E-state index in [9.17, 15) is 8.42 Å². The molecule has 2 N–H and O–H groups in total. The summed E-state index contributed by atoms with van der Waals surface area (Å²) in [6.07, 6.45) is 1.87. The molecule has 0 unspecified atom stereocenters. The van der Waals surface area contributed by atoms with Crippen LogP contribution >= 0.6 is 11.6 Å². The lowest BCUT2D eigenvalue weighted by atomic mass is 10.2. The molecule has 0 atom stereocenters. The van der Waals surface area contributed by atoms with Gasteiger partial charge in [-0.1, -0.05) is 17.7 Å². The summed E-state index contributed by atoms with van der Waals surface area (Å²) in [5, 5.41) is 4.04. The van der Waals surface area contributed by atoms with E-state index in [1.807, 2.05) is 18.2 Å². The number of aliphatic imine (C=N–C) groups is 1. The highest BCUT2D eigenvalue weighted by Gasteiger charge is 2.19. The summed E-state index contributed by atoms with van der Waals surface area (Å²) in [6, 6.07) is 7.91. The zero-order valence-electron chi connectivity index (χ0n) is 14.7. The molecule has 0 amide bonds. The first kappa shape index (κ1) is 19.8. The number of sulfonamides is 1. The van der Waals surface area contributed by atoms with Crippen LogP contribution in [0.25, 0.3) is 0 Å². The minimum absolute atomic E-state index is 0.422. The zero-order chi connectivity index (χ0) is 18.3. The summed E-state index contributed by atoms with van der Waals surface area (Å²) in [4.78, 5) is 8.85. The SMILES string of the molecule is CN=C(NCCCNS(C)(=O)=O)N1CCN(c2cccc(Cl)c2)CC1. The van der Waals surface area contributed by atoms with Crippen LogP contribution in [0.2, 0.25) is 5.02 Å². The van der Waals surface area contributed by atoms with Crippen molar-refractivity contribution in [2.45, 2.75) is 6.42 Å². The zero-order valence-corrected chi connectivity index (χ0v) is 16.3. The Morgan fingerprint density at radius 1 is 1.24 bits per heavy atom. The maximum atomic E-state index is 11.0. The van der Waals surface area contributed by atoms with Gasteiger partial charge in [-0.15, -0.1) is 0 Å². The predicted molar refractivity (Wildman–Crippen MR) is 104 cm³/mol. The van der Waals surface area contributed by atoms with E-state index in [-0.39, 0.29) is 0 Å². The van der Waals surface area contributed by atoms with Crippen LogP contribution in [0, 0.1) is 0 Å². The molecule has 1 aromatic rings. The molecular formula is C16H26ClN5O2S. The van der Waals surface area contributed by atoms with Crippen molar-refractivity contribution in [2.75, 3.05) is 57.5 Å². The monoisotopic (exact) mass is 387 g/mol. The van der Waals surface area contributed by atoms with Crippen molar-refractivity contribution in [1.82, 2.24) is 14.9 Å². The number of piperazine rings is 1. The number of hydrogen-bond donors (Lipinski definition) is 2. The van der Waals surface area contributed by atoms with Crippen molar-refractivity contribution in [3.63, 3.8) is 0 Å². The Morgan fingerprint density at radius 2 is 1.96 bits per heavy atom. The predicted octanol–water partition coefficient (Wildman–Crippen LogP) is 0.977. The molecule has 1 aliphatic rings. The van der Waals surface area contributed by atoms with Crippen molar-refractivity contribution in [3.8, 4) is 0 Å². The van der Waals surface area contributed by atoms with Crippen molar-refractivity contribution in [1.29, 1.82) is 0 Å². The number of halogens is 1. The number of nitrogens with one attached hydrogen (secondary N) is 2. The molecule has 1 saturated heterocycles. The van der Waals surface area contributed by atoms with Crippen LogP contribution in [0.1, 0.15) is 6.42 Å². The quantitative estimate of drug-likeness (QED) is 0.432. The molecule has 140 valence electrons. The van der Waals surface area contributed by atoms with E-state index in [4.69, 9.17) is 11.6 Å². The molecule has 25 heavy (non-hydrogen) atoms. The van der Waals surface area contributed by atoms with Gasteiger partial charge in [-0.05, 0) is 24.6 Å². The van der Waals surface area contributed by atoms with Crippen LogP contribution in [-0.4, -0.2) is 71.8 Å². The number of benzene rings is 1. The lowest BCUT2D eigenvalue weighted by molar-refractivity contribution is 0.372. The minimum Gasteiger partial charge on any atom is -0.368 e. The fraction of sp³-hybridized carbons (Fsp3) is 0.562.